The van der Waals surface area contributed by atoms with Gasteiger partial charge in [0.2, 0.25) is 0 Å². The normalized spacial score (nSPS) is 10.2. The molecule has 0 fully saturated rings. The fourth-order valence-corrected chi connectivity index (χ4v) is 1.13. The van der Waals surface area contributed by atoms with Gasteiger partial charge in [-0.3, -0.25) is 9.07 Å². The molecule has 0 aliphatic rings. The number of aromatic nitrogens is 2. The van der Waals surface area contributed by atoms with Gasteiger partial charge in [0.25, 0.3) is 0 Å². The predicted octanol–water partition coefficient (Wildman–Crippen LogP) is 1.85. The second kappa shape index (κ2) is 3.90. The van der Waals surface area contributed by atoms with Crippen molar-refractivity contribution in [2.24, 2.45) is 0 Å². The van der Waals surface area contributed by atoms with Gasteiger partial charge in [-0.25, -0.2) is 0 Å². The average molecular weight is 254 g/mol. The Bertz CT molecular complexity index is 199. The fraction of sp³-hybridized carbons (Fsp3) is 0.500. The zero-order valence-electron chi connectivity index (χ0n) is 5.43. The summed E-state index contributed by atoms with van der Waals surface area (Å²) in [4.78, 5) is 0. The van der Waals surface area contributed by atoms with Crippen molar-refractivity contribution in [3.8, 4) is 0 Å². The molecule has 0 spiro atoms. The molecule has 0 unspecified atom stereocenters. The Hall–Kier alpha value is -0.130. The van der Waals surface area contributed by atoms with Gasteiger partial charge in [-0.15, -0.1) is 0 Å². The van der Waals surface area contributed by atoms with Gasteiger partial charge >= 0.3 is 0 Å². The van der Waals surface area contributed by atoms with E-state index in [4.69, 9.17) is 0 Å². The maximum atomic E-state index is 11.6. The highest BCUT2D eigenvalue weighted by atomic mass is 127. The van der Waals surface area contributed by atoms with Crippen LogP contribution in [-0.2, 0) is 6.54 Å². The van der Waals surface area contributed by atoms with E-state index in [1.807, 2.05) is 6.20 Å². The average Bonchev–Trinajstić information content (AvgIpc) is 2.31. The molecule has 4 heteroatoms. The third kappa shape index (κ3) is 2.24. The molecule has 0 saturated carbocycles. The topological polar surface area (TPSA) is 17.8 Å². The number of hydrogen-bond acceptors (Lipinski definition) is 1. The summed E-state index contributed by atoms with van der Waals surface area (Å²) in [7, 11) is 0. The lowest BCUT2D eigenvalue weighted by molar-refractivity contribution is 0.435. The van der Waals surface area contributed by atoms with Crippen molar-refractivity contribution in [2.75, 3.05) is 6.67 Å². The van der Waals surface area contributed by atoms with E-state index in [2.05, 4.69) is 27.7 Å². The van der Waals surface area contributed by atoms with Crippen LogP contribution < -0.4 is 0 Å². The van der Waals surface area contributed by atoms with Gasteiger partial charge in [-0.1, -0.05) is 0 Å². The van der Waals surface area contributed by atoms with E-state index in [9.17, 15) is 4.39 Å². The SMILES string of the molecule is FCCCn1cc(I)cn1. The van der Waals surface area contributed by atoms with E-state index in [0.717, 1.165) is 3.57 Å². The lowest BCUT2D eigenvalue weighted by Gasteiger charge is -1.94. The molecular weight excluding hydrogens is 246 g/mol. The standard InChI is InChI=1S/C6H8FIN2/c7-2-1-3-10-5-6(8)4-9-10/h4-5H,1-3H2. The van der Waals surface area contributed by atoms with Crippen LogP contribution in [0.2, 0.25) is 0 Å². The molecule has 0 aliphatic heterocycles. The van der Waals surface area contributed by atoms with Crippen molar-refractivity contribution in [3.63, 3.8) is 0 Å². The molecule has 0 N–H and O–H groups in total. The van der Waals surface area contributed by atoms with Crippen LogP contribution in [0.4, 0.5) is 4.39 Å². The summed E-state index contributed by atoms with van der Waals surface area (Å²) in [6.07, 6.45) is 4.22. The van der Waals surface area contributed by atoms with Crippen LogP contribution in [0.25, 0.3) is 0 Å². The quantitative estimate of drug-likeness (QED) is 0.752. The van der Waals surface area contributed by atoms with Crippen molar-refractivity contribution < 1.29 is 4.39 Å². The maximum absolute atomic E-state index is 11.6. The van der Waals surface area contributed by atoms with Crippen molar-refractivity contribution in [1.29, 1.82) is 0 Å². The zero-order chi connectivity index (χ0) is 7.40. The van der Waals surface area contributed by atoms with E-state index < -0.39 is 0 Å². The lowest BCUT2D eigenvalue weighted by atomic mass is 10.5. The van der Waals surface area contributed by atoms with Gasteiger partial charge in [0.15, 0.2) is 0 Å². The molecule has 1 heterocycles. The molecule has 1 rings (SSSR count). The molecule has 0 bridgehead atoms. The van der Waals surface area contributed by atoms with E-state index in [1.54, 1.807) is 10.9 Å². The highest BCUT2D eigenvalue weighted by Crippen LogP contribution is 2.01. The first-order valence-corrected chi connectivity index (χ1v) is 4.14. The van der Waals surface area contributed by atoms with Crippen LogP contribution in [0.5, 0.6) is 0 Å². The predicted molar refractivity (Wildman–Crippen MR) is 45.5 cm³/mol. The summed E-state index contributed by atoms with van der Waals surface area (Å²) in [6.45, 7) is 0.413. The summed E-state index contributed by atoms with van der Waals surface area (Å²) in [5, 5.41) is 4.00. The minimum atomic E-state index is -0.267. The number of halogens is 2. The molecule has 0 atom stereocenters. The summed E-state index contributed by atoms with van der Waals surface area (Å²) in [6, 6.07) is 0. The second-order valence-corrected chi connectivity index (χ2v) is 3.21. The van der Waals surface area contributed by atoms with Crippen LogP contribution in [0.3, 0.4) is 0 Å². The highest BCUT2D eigenvalue weighted by Gasteiger charge is 1.92. The van der Waals surface area contributed by atoms with Crippen molar-refractivity contribution in [3.05, 3.63) is 16.0 Å². The number of hydrogen-bond donors (Lipinski definition) is 0. The Morgan fingerprint density at radius 2 is 2.50 bits per heavy atom. The summed E-state index contributed by atoms with van der Waals surface area (Å²) < 4.78 is 14.5. The number of alkyl halides is 1. The number of rotatable bonds is 3. The van der Waals surface area contributed by atoms with Gasteiger partial charge in [0.05, 0.1) is 16.4 Å². The molecule has 0 radical (unpaired) electrons. The van der Waals surface area contributed by atoms with Crippen LogP contribution in [0, 0.1) is 3.57 Å². The van der Waals surface area contributed by atoms with Gasteiger partial charge in [0, 0.05) is 12.7 Å². The third-order valence-corrected chi connectivity index (χ3v) is 1.68. The van der Waals surface area contributed by atoms with Crippen LogP contribution in [-0.4, -0.2) is 16.5 Å². The van der Waals surface area contributed by atoms with E-state index in [-0.39, 0.29) is 6.67 Å². The van der Waals surface area contributed by atoms with E-state index >= 15 is 0 Å². The molecule has 2 nitrogen and oxygen atoms in total. The molecule has 0 saturated heterocycles. The third-order valence-electron chi connectivity index (χ3n) is 1.12. The van der Waals surface area contributed by atoms with Gasteiger partial charge in [0.1, 0.15) is 0 Å². The fourth-order valence-electron chi connectivity index (χ4n) is 0.682. The number of nitrogens with zero attached hydrogens (tertiary/aromatic N) is 2. The van der Waals surface area contributed by atoms with Crippen molar-refractivity contribution in [2.45, 2.75) is 13.0 Å². The molecule has 0 aliphatic carbocycles. The van der Waals surface area contributed by atoms with Gasteiger partial charge in [-0.2, -0.15) is 5.10 Å². The smallest absolute Gasteiger partial charge is 0.0912 e. The Balaban J connectivity index is 2.42. The summed E-state index contributed by atoms with van der Waals surface area (Å²) >= 11 is 2.18. The van der Waals surface area contributed by atoms with Crippen molar-refractivity contribution >= 4 is 22.6 Å². The Morgan fingerprint density at radius 3 is 3.00 bits per heavy atom. The molecule has 1 aromatic heterocycles. The molecular formula is C6H8FIN2. The molecule has 1 aromatic rings. The monoisotopic (exact) mass is 254 g/mol. The summed E-state index contributed by atoms with van der Waals surface area (Å²) in [5.41, 5.74) is 0. The highest BCUT2D eigenvalue weighted by molar-refractivity contribution is 14.1. The van der Waals surface area contributed by atoms with Gasteiger partial charge < -0.3 is 0 Å². The Labute approximate surface area is 72.6 Å². The maximum Gasteiger partial charge on any atom is 0.0912 e. The van der Waals surface area contributed by atoms with Crippen molar-refractivity contribution in [1.82, 2.24) is 9.78 Å². The molecule has 56 valence electrons. The molecule has 0 amide bonds. The summed E-state index contributed by atoms with van der Waals surface area (Å²) in [5.74, 6) is 0. The Kier molecular flexibility index (Phi) is 3.11. The Morgan fingerprint density at radius 1 is 1.70 bits per heavy atom. The zero-order valence-corrected chi connectivity index (χ0v) is 7.58. The second-order valence-electron chi connectivity index (χ2n) is 1.96. The van der Waals surface area contributed by atoms with Crippen LogP contribution >= 0.6 is 22.6 Å². The minimum Gasteiger partial charge on any atom is -0.272 e. The first-order chi connectivity index (χ1) is 4.83. The minimum absolute atomic E-state index is 0.267. The van der Waals surface area contributed by atoms with Crippen LogP contribution in [0.1, 0.15) is 6.42 Å². The van der Waals surface area contributed by atoms with Crippen LogP contribution in [0.15, 0.2) is 12.4 Å². The molecule has 10 heavy (non-hydrogen) atoms. The van der Waals surface area contributed by atoms with E-state index in [0.29, 0.717) is 13.0 Å². The first-order valence-electron chi connectivity index (χ1n) is 3.07. The molecule has 0 aromatic carbocycles. The van der Waals surface area contributed by atoms with E-state index in [1.165, 1.54) is 0 Å². The van der Waals surface area contributed by atoms with Gasteiger partial charge in [-0.05, 0) is 29.0 Å². The largest absolute Gasteiger partial charge is 0.272 e. The number of aryl methyl sites for hydroxylation is 1. The lowest BCUT2D eigenvalue weighted by Crippen LogP contribution is -1.98. The first kappa shape index (κ1) is 7.97.